The van der Waals surface area contributed by atoms with Crippen LogP contribution in [0.15, 0.2) is 21.1 Å². The molecule has 0 saturated carbocycles. The zero-order valence-corrected chi connectivity index (χ0v) is 10.0. The lowest BCUT2D eigenvalue weighted by molar-refractivity contribution is 0.115. The van der Waals surface area contributed by atoms with Gasteiger partial charge in [-0.2, -0.15) is 0 Å². The molecule has 14 heavy (non-hydrogen) atoms. The zero-order valence-electron chi connectivity index (χ0n) is 6.85. The van der Waals surface area contributed by atoms with Gasteiger partial charge < -0.3 is 10.8 Å². The fraction of sp³-hybridized carbons (Fsp3) is 0.250. The van der Waals surface area contributed by atoms with Crippen molar-refractivity contribution in [2.24, 2.45) is 5.73 Å². The molecule has 0 saturated heterocycles. The van der Waals surface area contributed by atoms with E-state index < -0.39 is 12.5 Å². The van der Waals surface area contributed by atoms with Gasteiger partial charge in [0.1, 0.15) is 5.75 Å². The SMILES string of the molecule is NC(c1c(Br)ccc(Br)c1O)C(F)F. The maximum atomic E-state index is 12.3. The van der Waals surface area contributed by atoms with Crippen LogP contribution in [0, 0.1) is 0 Å². The summed E-state index contributed by atoms with van der Waals surface area (Å²) in [6.07, 6.45) is -2.72. The minimum Gasteiger partial charge on any atom is -0.506 e. The van der Waals surface area contributed by atoms with Gasteiger partial charge in [0.05, 0.1) is 10.5 Å². The maximum absolute atomic E-state index is 12.3. The molecular formula is C8H7Br2F2NO. The van der Waals surface area contributed by atoms with Gasteiger partial charge in [-0.05, 0) is 28.1 Å². The van der Waals surface area contributed by atoms with Crippen molar-refractivity contribution in [3.63, 3.8) is 0 Å². The Kier molecular flexibility index (Phi) is 3.86. The number of nitrogens with two attached hydrogens (primary N) is 1. The number of halogens is 4. The Morgan fingerprint density at radius 1 is 1.21 bits per heavy atom. The van der Waals surface area contributed by atoms with E-state index >= 15 is 0 Å². The number of hydrogen-bond acceptors (Lipinski definition) is 2. The number of benzene rings is 1. The van der Waals surface area contributed by atoms with Crippen LogP contribution in [0.25, 0.3) is 0 Å². The maximum Gasteiger partial charge on any atom is 0.257 e. The smallest absolute Gasteiger partial charge is 0.257 e. The number of rotatable bonds is 2. The Balaban J connectivity index is 3.25. The second kappa shape index (κ2) is 4.55. The lowest BCUT2D eigenvalue weighted by atomic mass is 10.1. The van der Waals surface area contributed by atoms with Crippen molar-refractivity contribution in [3.05, 3.63) is 26.6 Å². The van der Waals surface area contributed by atoms with Gasteiger partial charge in [-0.15, -0.1) is 0 Å². The van der Waals surface area contributed by atoms with E-state index in [9.17, 15) is 13.9 Å². The highest BCUT2D eigenvalue weighted by molar-refractivity contribution is 9.11. The predicted octanol–water partition coefficient (Wildman–Crippen LogP) is 3.18. The molecule has 1 aromatic carbocycles. The molecule has 2 nitrogen and oxygen atoms in total. The molecule has 6 heteroatoms. The highest BCUT2D eigenvalue weighted by atomic mass is 79.9. The Morgan fingerprint density at radius 2 is 1.71 bits per heavy atom. The second-order valence-electron chi connectivity index (χ2n) is 2.65. The van der Waals surface area contributed by atoms with Crippen molar-refractivity contribution < 1.29 is 13.9 Å². The van der Waals surface area contributed by atoms with Crippen molar-refractivity contribution >= 4 is 31.9 Å². The van der Waals surface area contributed by atoms with E-state index in [0.717, 1.165) is 0 Å². The van der Waals surface area contributed by atoms with Crippen molar-refractivity contribution in [3.8, 4) is 5.75 Å². The average Bonchev–Trinajstić information content (AvgIpc) is 2.12. The van der Waals surface area contributed by atoms with Crippen LogP contribution in [-0.4, -0.2) is 11.5 Å². The highest BCUT2D eigenvalue weighted by Gasteiger charge is 2.24. The summed E-state index contributed by atoms with van der Waals surface area (Å²) in [4.78, 5) is 0. The normalized spacial score (nSPS) is 13.3. The third-order valence-electron chi connectivity index (χ3n) is 1.72. The molecule has 1 aromatic rings. The minimum absolute atomic E-state index is 0.00868. The summed E-state index contributed by atoms with van der Waals surface area (Å²) in [7, 11) is 0. The molecule has 3 N–H and O–H groups in total. The van der Waals surface area contributed by atoms with Gasteiger partial charge in [-0.3, -0.25) is 0 Å². The van der Waals surface area contributed by atoms with Crippen LogP contribution in [0.5, 0.6) is 5.75 Å². The second-order valence-corrected chi connectivity index (χ2v) is 4.36. The van der Waals surface area contributed by atoms with Gasteiger partial charge >= 0.3 is 0 Å². The first-order valence-electron chi connectivity index (χ1n) is 3.65. The van der Waals surface area contributed by atoms with E-state index in [4.69, 9.17) is 5.73 Å². The number of phenols is 1. The largest absolute Gasteiger partial charge is 0.506 e. The summed E-state index contributed by atoms with van der Waals surface area (Å²) in [5.74, 6) is -0.257. The van der Waals surface area contributed by atoms with Gasteiger partial charge in [0.25, 0.3) is 6.43 Å². The topological polar surface area (TPSA) is 46.2 Å². The van der Waals surface area contributed by atoms with Crippen molar-refractivity contribution in [2.75, 3.05) is 0 Å². The molecule has 0 aromatic heterocycles. The van der Waals surface area contributed by atoms with E-state index in [0.29, 0.717) is 8.95 Å². The third-order valence-corrected chi connectivity index (χ3v) is 3.05. The summed E-state index contributed by atoms with van der Waals surface area (Å²) >= 11 is 6.08. The lowest BCUT2D eigenvalue weighted by Gasteiger charge is -2.15. The molecule has 0 aliphatic heterocycles. The zero-order chi connectivity index (χ0) is 10.9. The Bertz CT molecular complexity index is 346. The molecule has 0 aliphatic carbocycles. The van der Waals surface area contributed by atoms with E-state index in [2.05, 4.69) is 31.9 Å². The van der Waals surface area contributed by atoms with Crippen LogP contribution in [0.2, 0.25) is 0 Å². The standard InChI is InChI=1S/C8H7Br2F2NO/c9-3-1-2-4(10)7(14)5(3)6(13)8(11)12/h1-2,6,8,14H,13H2. The molecule has 0 bridgehead atoms. The van der Waals surface area contributed by atoms with Crippen LogP contribution in [0.4, 0.5) is 8.78 Å². The molecule has 1 rings (SSSR count). The molecule has 0 radical (unpaired) electrons. The number of hydrogen-bond donors (Lipinski definition) is 2. The highest BCUT2D eigenvalue weighted by Crippen LogP contribution is 2.38. The van der Waals surface area contributed by atoms with Crippen molar-refractivity contribution in [2.45, 2.75) is 12.5 Å². The quantitative estimate of drug-likeness (QED) is 0.874. The fourth-order valence-corrected chi connectivity index (χ4v) is 1.93. The fourth-order valence-electron chi connectivity index (χ4n) is 1.000. The van der Waals surface area contributed by atoms with E-state index in [1.54, 1.807) is 12.1 Å². The first-order chi connectivity index (χ1) is 6.45. The molecular weight excluding hydrogens is 324 g/mol. The van der Waals surface area contributed by atoms with E-state index in [1.807, 2.05) is 0 Å². The van der Waals surface area contributed by atoms with Gasteiger partial charge in [0.15, 0.2) is 0 Å². The van der Waals surface area contributed by atoms with Crippen molar-refractivity contribution in [1.82, 2.24) is 0 Å². The molecule has 0 aliphatic rings. The van der Waals surface area contributed by atoms with Crippen LogP contribution >= 0.6 is 31.9 Å². The summed E-state index contributed by atoms with van der Waals surface area (Å²) in [5, 5.41) is 9.51. The summed E-state index contributed by atoms with van der Waals surface area (Å²) in [5.41, 5.74) is 5.26. The monoisotopic (exact) mass is 329 g/mol. The molecule has 0 amide bonds. The summed E-state index contributed by atoms with van der Waals surface area (Å²) in [6, 6.07) is 1.59. The molecule has 0 heterocycles. The minimum atomic E-state index is -2.72. The van der Waals surface area contributed by atoms with Crippen molar-refractivity contribution in [1.29, 1.82) is 0 Å². The first kappa shape index (κ1) is 11.9. The van der Waals surface area contributed by atoms with E-state index in [1.165, 1.54) is 0 Å². The van der Waals surface area contributed by atoms with Gasteiger partial charge in [0.2, 0.25) is 0 Å². The third kappa shape index (κ3) is 2.24. The van der Waals surface area contributed by atoms with Crippen LogP contribution in [-0.2, 0) is 0 Å². The average molecular weight is 331 g/mol. The Morgan fingerprint density at radius 3 is 2.21 bits per heavy atom. The summed E-state index contributed by atoms with van der Waals surface area (Å²) < 4.78 is 25.4. The Hall–Kier alpha value is -0.200. The number of aromatic hydroxyl groups is 1. The van der Waals surface area contributed by atoms with Crippen LogP contribution in [0.1, 0.15) is 11.6 Å². The van der Waals surface area contributed by atoms with Gasteiger partial charge in [0, 0.05) is 10.0 Å². The Labute approximate surface area is 96.4 Å². The summed E-state index contributed by atoms with van der Waals surface area (Å²) in [6.45, 7) is 0. The van der Waals surface area contributed by atoms with Crippen LogP contribution in [0.3, 0.4) is 0 Å². The van der Waals surface area contributed by atoms with Crippen LogP contribution < -0.4 is 5.73 Å². The lowest BCUT2D eigenvalue weighted by Crippen LogP contribution is -2.19. The number of alkyl halides is 2. The predicted molar refractivity (Wildman–Crippen MR) is 56.4 cm³/mol. The molecule has 0 fully saturated rings. The van der Waals surface area contributed by atoms with Gasteiger partial charge in [-0.1, -0.05) is 15.9 Å². The molecule has 1 unspecified atom stereocenters. The van der Waals surface area contributed by atoms with E-state index in [-0.39, 0.29) is 11.3 Å². The molecule has 1 atom stereocenters. The first-order valence-corrected chi connectivity index (χ1v) is 5.24. The number of phenolic OH excluding ortho intramolecular Hbond substituents is 1. The van der Waals surface area contributed by atoms with Gasteiger partial charge in [-0.25, -0.2) is 8.78 Å². The molecule has 78 valence electrons. The molecule has 0 spiro atoms.